The van der Waals surface area contributed by atoms with Crippen molar-refractivity contribution in [3.8, 4) is 0 Å². The second-order valence-electron chi connectivity index (χ2n) is 39.5. The van der Waals surface area contributed by atoms with Crippen LogP contribution in [0.2, 0.25) is 0 Å². The lowest BCUT2D eigenvalue weighted by molar-refractivity contribution is -0.135. The van der Waals surface area contributed by atoms with E-state index in [4.69, 9.17) is 47.4 Å². The van der Waals surface area contributed by atoms with E-state index in [1.165, 1.54) is 62.2 Å². The molecule has 0 aromatic rings. The maximum Gasteiger partial charge on any atom is 0.233 e. The Kier molecular flexibility index (Phi) is 68.9. The Balaban J connectivity index is 0.000000793. The highest BCUT2D eigenvalue weighted by Gasteiger charge is 2.42. The number of nitrogens with zero attached hydrogens (tertiary/aromatic N) is 5. The largest absolute Gasteiger partial charge is 0.377 e. The van der Waals surface area contributed by atoms with Gasteiger partial charge in [-0.25, -0.2) is 0 Å². The molecular weight excluding hydrogens is 1710 g/mol. The van der Waals surface area contributed by atoms with Gasteiger partial charge in [0.25, 0.3) is 0 Å². The van der Waals surface area contributed by atoms with Crippen molar-refractivity contribution in [2.24, 2.45) is 23.7 Å². The standard InChI is InChI=1S/C27H51NO4.C19H35NO4S2.C19H37NO3S2.C17H33NO3.C16H31NO3S2/c1-21(2)14-12-10-8-7-9-11-13-15-25(29)16-17-27(30)28-19-26(32-23(5)6)18-24(28)20-31-22(3)4;1-13(2)18(21)7-8-25-26-12-19(22)20-10-17(24-15(5)6)9-16(20)11-23-14(3)4;1-14(2)8-7-9-24-25-13-19(21)20-11-18(23-16(5)6)10-17(20)12-22-15(3)4;1-12(2)7-8-17(19)18-10-16(21-14(5)6)9-15(18)11-20-13(3)4;1-11(2)19-9-14-7-15(20-12(3)4)8-17(14)16(18)10-21-22-13(5)6/h21-24,26H,7-20H2,1-6H3;13-17H,7-12H2,1-6H3;14-18H,7-13H2,1-6H3;12-16H,7-11H2,1-6H3;11-15H,7-10H2,1-6H3/t24-,26+;16-,17+;17-,18+;15-,16+;14-,15+/m00000/s1. The summed E-state index contributed by atoms with van der Waals surface area (Å²) >= 11 is 0. The van der Waals surface area contributed by atoms with E-state index in [-0.39, 0.29) is 169 Å². The number of likely N-dealkylation sites (tertiary alicyclic amines) is 5. The molecule has 0 aromatic heterocycles. The monoisotopic (exact) mass is 1900 g/mol. The van der Waals surface area contributed by atoms with Gasteiger partial charge in [-0.3, -0.25) is 33.6 Å². The normalized spacial score (nSPS) is 20.9. The molecule has 0 spiro atoms. The highest BCUT2D eigenvalue weighted by Crippen LogP contribution is 2.34. The van der Waals surface area contributed by atoms with E-state index in [1.807, 2.05) is 188 Å². The van der Waals surface area contributed by atoms with Gasteiger partial charge < -0.3 is 71.9 Å². The van der Waals surface area contributed by atoms with Gasteiger partial charge in [-0.1, -0.05) is 185 Å². The third-order valence-electron chi connectivity index (χ3n) is 21.3. The van der Waals surface area contributed by atoms with Crippen LogP contribution >= 0.6 is 64.8 Å². The summed E-state index contributed by atoms with van der Waals surface area (Å²) in [6.07, 6.45) is 22.4. The number of hydrogen-bond donors (Lipinski definition) is 0. The molecular formula is C98H187N5O17S6. The van der Waals surface area contributed by atoms with Crippen LogP contribution in [0.5, 0.6) is 0 Å². The molecule has 5 aliphatic heterocycles. The number of ketones is 2. The number of rotatable bonds is 59. The summed E-state index contributed by atoms with van der Waals surface area (Å²) in [6, 6.07) is 0.579. The summed E-state index contributed by atoms with van der Waals surface area (Å²) in [5.41, 5.74) is 0. The Hall–Kier alpha value is -1.61. The van der Waals surface area contributed by atoms with Gasteiger partial charge >= 0.3 is 0 Å². The summed E-state index contributed by atoms with van der Waals surface area (Å²) < 4.78 is 58.4. The van der Waals surface area contributed by atoms with Crippen LogP contribution in [0.1, 0.15) is 343 Å². The fraction of sp³-hybridized carbons (Fsp3) is 0.929. The van der Waals surface area contributed by atoms with Gasteiger partial charge in [-0.2, -0.15) is 0 Å². The predicted octanol–water partition coefficient (Wildman–Crippen LogP) is 21.6. The first-order valence-corrected chi connectivity index (χ1v) is 56.3. The van der Waals surface area contributed by atoms with Gasteiger partial charge in [-0.05, 0) is 208 Å². The second kappa shape index (κ2) is 71.0. The molecule has 28 heteroatoms. The average molecular weight is 1900 g/mol. The number of amides is 5. The molecule has 5 aliphatic rings. The molecule has 0 unspecified atom stereocenters. The number of ether oxygens (including phenoxy) is 10. The number of carbonyl (C=O) groups excluding carboxylic acids is 7. The number of hydrogen-bond acceptors (Lipinski definition) is 23. The van der Waals surface area contributed by atoms with E-state index in [9.17, 15) is 33.6 Å². The van der Waals surface area contributed by atoms with Crippen LogP contribution in [-0.4, -0.2) is 287 Å². The average Bonchev–Trinajstić information content (AvgIpc) is 1.72. The zero-order chi connectivity index (χ0) is 95.1. The van der Waals surface area contributed by atoms with E-state index >= 15 is 0 Å². The van der Waals surface area contributed by atoms with Gasteiger partial charge in [0.2, 0.25) is 29.5 Å². The minimum Gasteiger partial charge on any atom is -0.377 e. The molecule has 5 heterocycles. The van der Waals surface area contributed by atoms with Crippen LogP contribution in [-0.2, 0) is 80.9 Å². The zero-order valence-electron chi connectivity index (χ0n) is 85.0. The molecule has 5 rings (SSSR count). The molecule has 10 atom stereocenters. The third-order valence-corrected chi connectivity index (χ3v) is 28.7. The lowest BCUT2D eigenvalue weighted by Gasteiger charge is -2.25. The predicted molar refractivity (Wildman–Crippen MR) is 534 cm³/mol. The van der Waals surface area contributed by atoms with Crippen molar-refractivity contribution >= 4 is 106 Å². The molecule has 126 heavy (non-hydrogen) atoms. The smallest absolute Gasteiger partial charge is 0.233 e. The molecule has 5 amide bonds. The first-order valence-electron chi connectivity index (χ1n) is 48.9. The van der Waals surface area contributed by atoms with Gasteiger partial charge in [0, 0.05) is 87.5 Å². The third kappa shape index (κ3) is 60.7. The van der Waals surface area contributed by atoms with Crippen molar-refractivity contribution < 1.29 is 80.9 Å². The quantitative estimate of drug-likeness (QED) is 0.0407. The Morgan fingerprint density at radius 2 is 0.548 bits per heavy atom. The fourth-order valence-electron chi connectivity index (χ4n) is 15.2. The molecule has 0 radical (unpaired) electrons. The maximum absolute atomic E-state index is 12.8. The Bertz CT molecular complexity index is 2840. The molecule has 5 saturated heterocycles. The molecule has 0 aromatic carbocycles. The number of unbranched alkanes of at least 4 members (excludes halogenated alkanes) is 6. The van der Waals surface area contributed by atoms with Crippen LogP contribution in [0.4, 0.5) is 0 Å². The first-order chi connectivity index (χ1) is 59.3. The van der Waals surface area contributed by atoms with Crippen LogP contribution in [0.15, 0.2) is 0 Å². The topological polar surface area (TPSA) is 228 Å². The van der Waals surface area contributed by atoms with Crippen LogP contribution in [0.25, 0.3) is 0 Å². The molecule has 5 fully saturated rings. The molecule has 742 valence electrons. The second-order valence-corrected chi connectivity index (χ2v) is 47.6. The van der Waals surface area contributed by atoms with Crippen molar-refractivity contribution in [1.82, 2.24) is 24.5 Å². The Labute approximate surface area is 793 Å². The number of carbonyl (C=O) groups is 7. The molecule has 0 N–H and O–H groups in total. The number of Topliss-reactive ketones (excluding diaryl/α,β-unsaturated/α-hetero) is 2. The van der Waals surface area contributed by atoms with Gasteiger partial charge in [0.15, 0.2) is 0 Å². The maximum atomic E-state index is 12.8. The van der Waals surface area contributed by atoms with E-state index in [2.05, 4.69) is 55.4 Å². The van der Waals surface area contributed by atoms with E-state index < -0.39 is 0 Å². The summed E-state index contributed by atoms with van der Waals surface area (Å²) in [7, 11) is 10.0. The van der Waals surface area contributed by atoms with Crippen molar-refractivity contribution in [3.05, 3.63) is 0 Å². The lowest BCUT2D eigenvalue weighted by atomic mass is 10.0. The van der Waals surface area contributed by atoms with Crippen LogP contribution in [0.3, 0.4) is 0 Å². The van der Waals surface area contributed by atoms with Crippen molar-refractivity contribution in [2.45, 2.75) is 470 Å². The van der Waals surface area contributed by atoms with Gasteiger partial charge in [-0.15, -0.1) is 0 Å². The Morgan fingerprint density at radius 3 is 0.841 bits per heavy atom. The molecule has 22 nitrogen and oxygen atoms in total. The summed E-state index contributed by atoms with van der Waals surface area (Å²) in [5.74, 6) is 6.94. The fourth-order valence-corrected chi connectivity index (χ4v) is 21.1. The van der Waals surface area contributed by atoms with Crippen molar-refractivity contribution in [2.75, 3.05) is 94.5 Å². The van der Waals surface area contributed by atoms with E-state index in [1.54, 1.807) is 43.2 Å². The minimum atomic E-state index is 0.0456. The highest BCUT2D eigenvalue weighted by atomic mass is 33.1. The first kappa shape index (κ1) is 122. The SMILES string of the molecule is CC(C)CCC(=O)N1C[C@H](OC(C)C)C[C@H]1COC(C)C.CC(C)CCCCCCCCCC(=O)CCC(=O)N1C[C@H](OC(C)C)C[C@H]1COC(C)C.CC(C)CCCSSCC(=O)N1C[C@H](OC(C)C)C[C@H]1COC(C)C.CC(C)OC[C@@H]1C[C@@H](OC(C)C)CN1C(=O)CSSC(C)C.CC(C)OC[C@@H]1C[C@@H](OC(C)C)CN1C(=O)CSSCCC(=O)C(C)C. The zero-order valence-corrected chi connectivity index (χ0v) is 89.9. The minimum absolute atomic E-state index is 0.0456. The van der Waals surface area contributed by atoms with Crippen LogP contribution in [0, 0.1) is 23.7 Å². The molecule has 0 aliphatic carbocycles. The van der Waals surface area contributed by atoms with Gasteiger partial charge in [0.1, 0.15) is 11.6 Å². The van der Waals surface area contributed by atoms with E-state index in [0.717, 1.165) is 74.7 Å². The Morgan fingerprint density at radius 1 is 0.270 bits per heavy atom. The van der Waals surface area contributed by atoms with Crippen molar-refractivity contribution in [1.29, 1.82) is 0 Å². The molecule has 0 bridgehead atoms. The highest BCUT2D eigenvalue weighted by molar-refractivity contribution is 8.77. The lowest BCUT2D eigenvalue weighted by Crippen LogP contribution is -2.40. The van der Waals surface area contributed by atoms with Crippen LogP contribution < -0.4 is 0 Å². The van der Waals surface area contributed by atoms with Gasteiger partial charge in [0.05, 0.1) is 172 Å². The summed E-state index contributed by atoms with van der Waals surface area (Å²) in [4.78, 5) is 96.7. The summed E-state index contributed by atoms with van der Waals surface area (Å²) in [5, 5.41) is 0.536. The van der Waals surface area contributed by atoms with Crippen molar-refractivity contribution in [3.63, 3.8) is 0 Å². The summed E-state index contributed by atoms with van der Waals surface area (Å²) in [6.45, 7) is 68.3. The van der Waals surface area contributed by atoms with E-state index in [0.29, 0.717) is 126 Å². The molecule has 0 saturated carbocycles.